The van der Waals surface area contributed by atoms with Crippen molar-refractivity contribution in [2.24, 2.45) is 0 Å². The second-order valence-corrected chi connectivity index (χ2v) is 11.3. The van der Waals surface area contributed by atoms with Gasteiger partial charge in [-0.2, -0.15) is 9.97 Å². The van der Waals surface area contributed by atoms with Gasteiger partial charge in [0.2, 0.25) is 17.8 Å². The summed E-state index contributed by atoms with van der Waals surface area (Å²) < 4.78 is 33.9. The van der Waals surface area contributed by atoms with Gasteiger partial charge in [0.25, 0.3) is 0 Å². The molecule has 6 atom stereocenters. The smallest absolute Gasteiger partial charge is 0.468 e. The average molecular weight is 583 g/mol. The van der Waals surface area contributed by atoms with Crippen molar-refractivity contribution in [2.45, 2.75) is 44.0 Å². The number of aliphatic hydroxyl groups is 1. The zero-order valence-electron chi connectivity index (χ0n) is 22.0. The minimum atomic E-state index is -2.26. The maximum Gasteiger partial charge on any atom is 0.480 e. The van der Waals surface area contributed by atoms with Crippen LogP contribution in [0.1, 0.15) is 20.1 Å². The number of anilines is 2. The fraction of sp³-hybridized carbons (Fsp3) is 0.478. The number of imidazole rings is 1. The predicted octanol–water partition coefficient (Wildman–Crippen LogP) is 2.11. The fourth-order valence-electron chi connectivity index (χ4n) is 4.05. The molecule has 3 N–H and O–H groups in total. The summed E-state index contributed by atoms with van der Waals surface area (Å²) in [5.41, 5.74) is 4.25. The molecule has 1 fully saturated rings. The number of benzene rings is 1. The van der Waals surface area contributed by atoms with Crippen molar-refractivity contribution in [2.75, 3.05) is 38.4 Å². The zero-order chi connectivity index (χ0) is 28.5. The molecular weight excluding hydrogens is 552 g/mol. The van der Waals surface area contributed by atoms with Crippen molar-refractivity contribution in [1.82, 2.24) is 24.4 Å². The largest absolute Gasteiger partial charge is 0.480 e. The second-order valence-electron chi connectivity index (χ2n) is 9.19. The molecular formula is C23H30FN7O6PS+. The van der Waals surface area contributed by atoms with Gasteiger partial charge in [-0.15, -0.1) is 4.52 Å². The van der Waals surface area contributed by atoms with Gasteiger partial charge in [-0.3, -0.25) is 9.36 Å². The van der Waals surface area contributed by atoms with E-state index < -0.39 is 43.2 Å². The molecule has 1 aromatic carbocycles. The lowest BCUT2D eigenvalue weighted by molar-refractivity contribution is -0.151. The number of nitrogen functional groups attached to an aromatic ring is 1. The van der Waals surface area contributed by atoms with Crippen LogP contribution in [0.4, 0.5) is 16.2 Å². The van der Waals surface area contributed by atoms with Crippen molar-refractivity contribution in [3.63, 3.8) is 0 Å². The van der Waals surface area contributed by atoms with Crippen LogP contribution in [0.25, 0.3) is 11.2 Å². The average Bonchev–Trinajstić information content (AvgIpc) is 3.42. The number of carbonyl (C=O) groups excluding carboxylic acids is 1. The summed E-state index contributed by atoms with van der Waals surface area (Å²) >= 11 is 5.51. The number of aromatic nitrogens is 4. The predicted molar refractivity (Wildman–Crippen MR) is 144 cm³/mol. The third-order valence-electron chi connectivity index (χ3n) is 6.14. The molecule has 39 heavy (non-hydrogen) atoms. The van der Waals surface area contributed by atoms with Crippen molar-refractivity contribution >= 4 is 47.8 Å². The maximum absolute atomic E-state index is 15.9. The quantitative estimate of drug-likeness (QED) is 0.204. The van der Waals surface area contributed by atoms with Gasteiger partial charge in [-0.25, -0.2) is 9.37 Å². The normalized spacial score (nSPS) is 24.1. The number of hydroxylamine groups is 1. The van der Waals surface area contributed by atoms with Gasteiger partial charge in [0.15, 0.2) is 40.7 Å². The number of para-hydroxylation sites is 1. The van der Waals surface area contributed by atoms with Crippen LogP contribution in [-0.4, -0.2) is 87.2 Å². The first-order chi connectivity index (χ1) is 18.4. The van der Waals surface area contributed by atoms with Crippen LogP contribution in [0.15, 0.2) is 36.7 Å². The molecule has 2 aromatic heterocycles. The number of fused-ring (bicyclic) bond motifs is 1. The third kappa shape index (κ3) is 5.78. The Kier molecular flexibility index (Phi) is 8.59. The number of methoxy groups -OCH3 is 1. The first-order valence-corrected chi connectivity index (χ1v) is 14.1. The molecule has 0 radical (unpaired) electrons. The summed E-state index contributed by atoms with van der Waals surface area (Å²) in [6, 6.07) is 7.78. The first-order valence-electron chi connectivity index (χ1n) is 11.9. The van der Waals surface area contributed by atoms with Crippen LogP contribution < -0.4 is 15.5 Å². The van der Waals surface area contributed by atoms with E-state index in [0.29, 0.717) is 17.1 Å². The topological polar surface area (TPSA) is 150 Å². The van der Waals surface area contributed by atoms with Crippen molar-refractivity contribution in [3.8, 4) is 5.75 Å². The van der Waals surface area contributed by atoms with E-state index in [4.69, 9.17) is 36.4 Å². The van der Waals surface area contributed by atoms with Crippen LogP contribution in [0.3, 0.4) is 0 Å². The SMILES string of the molecule is COC(=O)[C@H](C)N(Oc1ccccc1)[P+](=S)OC[C@H]1O[C@@H](n2cnc3c(N(C)C)nc(N)nc32)[C@](C)(F)[C@@H]1O. The molecule has 1 aliphatic heterocycles. The summed E-state index contributed by atoms with van der Waals surface area (Å²) in [6.07, 6.45) is -2.66. The molecule has 0 amide bonds. The number of halogens is 1. The number of esters is 1. The van der Waals surface area contributed by atoms with Gasteiger partial charge in [0.05, 0.1) is 18.3 Å². The van der Waals surface area contributed by atoms with Gasteiger partial charge < -0.3 is 30.1 Å². The highest BCUT2D eigenvalue weighted by Crippen LogP contribution is 2.44. The fourth-order valence-corrected chi connectivity index (χ4v) is 5.68. The van der Waals surface area contributed by atoms with Crippen LogP contribution in [0.2, 0.25) is 0 Å². The summed E-state index contributed by atoms with van der Waals surface area (Å²) in [4.78, 5) is 33.7. The van der Waals surface area contributed by atoms with E-state index in [0.717, 1.165) is 0 Å². The van der Waals surface area contributed by atoms with E-state index in [1.165, 1.54) is 29.8 Å². The van der Waals surface area contributed by atoms with Crippen molar-refractivity contribution < 1.29 is 33.1 Å². The molecule has 1 aliphatic rings. The first kappa shape index (κ1) is 28.9. The summed E-state index contributed by atoms with van der Waals surface area (Å²) in [6.45, 7) is 2.48. The third-order valence-corrected chi connectivity index (χ3v) is 8.06. The van der Waals surface area contributed by atoms with Gasteiger partial charge in [-0.05, 0) is 26.0 Å². The Hall–Kier alpha value is -3.07. The number of hydrogen-bond acceptors (Lipinski definition) is 12. The summed E-state index contributed by atoms with van der Waals surface area (Å²) in [7, 11) is 2.78. The van der Waals surface area contributed by atoms with Crippen LogP contribution >= 0.6 is 7.07 Å². The number of rotatable bonds is 10. The number of ether oxygens (including phenoxy) is 2. The van der Waals surface area contributed by atoms with E-state index in [2.05, 4.69) is 15.0 Å². The molecule has 1 unspecified atom stereocenters. The molecule has 4 rings (SSSR count). The summed E-state index contributed by atoms with van der Waals surface area (Å²) in [5.74, 6) is 0.256. The molecule has 0 bridgehead atoms. The Balaban J connectivity index is 1.54. The molecule has 3 heterocycles. The van der Waals surface area contributed by atoms with Gasteiger partial charge in [-0.1, -0.05) is 18.2 Å². The number of carbonyl (C=O) groups is 1. The van der Waals surface area contributed by atoms with E-state index in [1.807, 2.05) is 6.07 Å². The van der Waals surface area contributed by atoms with E-state index in [-0.39, 0.29) is 18.2 Å². The molecule has 13 nitrogen and oxygen atoms in total. The highest BCUT2D eigenvalue weighted by molar-refractivity contribution is 8.01. The van der Waals surface area contributed by atoms with Crippen molar-refractivity contribution in [1.29, 1.82) is 0 Å². The number of nitrogens with two attached hydrogens (primary N) is 1. The Morgan fingerprint density at radius 3 is 2.69 bits per heavy atom. The van der Waals surface area contributed by atoms with Crippen molar-refractivity contribution in [3.05, 3.63) is 36.7 Å². The molecule has 210 valence electrons. The molecule has 0 aliphatic carbocycles. The van der Waals surface area contributed by atoms with Gasteiger partial charge in [0, 0.05) is 14.1 Å². The summed E-state index contributed by atoms with van der Waals surface area (Å²) in [5, 5.41) is 10.9. The minimum Gasteiger partial charge on any atom is -0.468 e. The maximum atomic E-state index is 15.9. The highest BCUT2D eigenvalue weighted by atomic mass is 32.4. The highest BCUT2D eigenvalue weighted by Gasteiger charge is 2.56. The number of hydrogen-bond donors (Lipinski definition) is 2. The van der Waals surface area contributed by atoms with E-state index in [9.17, 15) is 9.90 Å². The number of alkyl halides is 1. The van der Waals surface area contributed by atoms with Crippen LogP contribution in [-0.2, 0) is 30.6 Å². The Bertz CT molecular complexity index is 1350. The van der Waals surface area contributed by atoms with E-state index in [1.54, 1.807) is 50.2 Å². The molecule has 3 aromatic rings. The lowest BCUT2D eigenvalue weighted by atomic mass is 9.98. The Morgan fingerprint density at radius 2 is 2.05 bits per heavy atom. The van der Waals surface area contributed by atoms with E-state index >= 15 is 4.39 Å². The van der Waals surface area contributed by atoms with Gasteiger partial charge >= 0.3 is 13.0 Å². The van der Waals surface area contributed by atoms with Crippen LogP contribution in [0, 0.1) is 0 Å². The standard InChI is InChI=1S/C23H30FN7O6PS/c1-13(20(33)34-5)31(37-14-9-7-6-8-10-14)38(39)35-11-15-17(32)23(2,24)21(36-15)30-12-26-16-18(29(3)4)27-22(25)28-19(16)30/h6-10,12-13,15,17,21,32H,11H2,1-5H3,(H2,25,27,28)/q+1/t13-,15+,17+,21+,23+/m0/s1. The zero-order valence-corrected chi connectivity index (χ0v) is 23.7. The van der Waals surface area contributed by atoms with Crippen LogP contribution in [0.5, 0.6) is 5.75 Å². The van der Waals surface area contributed by atoms with Gasteiger partial charge in [0.1, 0.15) is 18.8 Å². The monoisotopic (exact) mass is 582 g/mol. The molecule has 0 saturated carbocycles. The minimum absolute atomic E-state index is 0.0260. The lowest BCUT2D eigenvalue weighted by Crippen LogP contribution is -2.41. The second kappa shape index (κ2) is 11.6. The molecule has 16 heteroatoms. The number of nitrogens with zero attached hydrogens (tertiary/aromatic N) is 6. The molecule has 0 spiro atoms. The Morgan fingerprint density at radius 1 is 1.36 bits per heavy atom. The Labute approximate surface area is 230 Å². The lowest BCUT2D eigenvalue weighted by Gasteiger charge is -2.24. The number of aliphatic hydroxyl groups excluding tert-OH is 1. The molecule has 1 saturated heterocycles.